The average molecular weight is 386 g/mol. The average Bonchev–Trinajstić information content (AvgIpc) is 2.20. The van der Waals surface area contributed by atoms with Gasteiger partial charge in [-0.25, -0.2) is 13.1 Å². The van der Waals surface area contributed by atoms with Crippen LogP contribution in [0.5, 0.6) is 0 Å². The molecule has 17 heavy (non-hydrogen) atoms. The van der Waals surface area contributed by atoms with E-state index in [1.807, 2.05) is 0 Å². The molecule has 1 amide bonds. The van der Waals surface area contributed by atoms with E-state index < -0.39 is 15.9 Å². The number of carbonyl (C=O) groups is 1. The topological polar surface area (TPSA) is 89.3 Å². The van der Waals surface area contributed by atoms with Crippen molar-refractivity contribution in [3.8, 4) is 0 Å². The van der Waals surface area contributed by atoms with Gasteiger partial charge in [0.05, 0.1) is 4.90 Å². The van der Waals surface area contributed by atoms with E-state index in [0.29, 0.717) is 8.95 Å². The number of rotatable bonds is 5. The van der Waals surface area contributed by atoms with Crippen LogP contribution in [0.1, 0.15) is 6.42 Å². The number of hydrogen-bond donors (Lipinski definition) is 2. The van der Waals surface area contributed by atoms with E-state index in [1.165, 1.54) is 6.07 Å². The van der Waals surface area contributed by atoms with Crippen LogP contribution in [0.3, 0.4) is 0 Å². The van der Waals surface area contributed by atoms with Gasteiger partial charge in [-0.2, -0.15) is 0 Å². The third-order valence-corrected chi connectivity index (χ3v) is 4.79. The van der Waals surface area contributed by atoms with Crippen molar-refractivity contribution in [3.63, 3.8) is 0 Å². The lowest BCUT2D eigenvalue weighted by molar-refractivity contribution is -0.117. The summed E-state index contributed by atoms with van der Waals surface area (Å²) >= 11 is 6.35. The van der Waals surface area contributed by atoms with E-state index >= 15 is 0 Å². The number of carbonyl (C=O) groups excluding carboxylic acids is 1. The van der Waals surface area contributed by atoms with E-state index in [1.54, 1.807) is 12.1 Å². The molecule has 0 saturated carbocycles. The number of primary amides is 1. The summed E-state index contributed by atoms with van der Waals surface area (Å²) < 4.78 is 27.1. The SMILES string of the molecule is NC(=O)CCNS(=O)(=O)c1cc(Br)ccc1Br. The molecular formula is C9H10Br2N2O3S. The minimum absolute atomic E-state index is 0.0172. The Labute approximate surface area is 116 Å². The minimum Gasteiger partial charge on any atom is -0.370 e. The fourth-order valence-corrected chi connectivity index (χ4v) is 3.60. The highest BCUT2D eigenvalue weighted by Crippen LogP contribution is 2.25. The van der Waals surface area contributed by atoms with Crippen molar-refractivity contribution in [3.05, 3.63) is 27.1 Å². The summed E-state index contributed by atoms with van der Waals surface area (Å²) in [5.41, 5.74) is 4.92. The van der Waals surface area contributed by atoms with Crippen molar-refractivity contribution in [2.75, 3.05) is 6.54 Å². The van der Waals surface area contributed by atoms with Gasteiger partial charge in [-0.05, 0) is 34.1 Å². The highest BCUT2D eigenvalue weighted by atomic mass is 79.9. The molecule has 0 bridgehead atoms. The van der Waals surface area contributed by atoms with Crippen molar-refractivity contribution < 1.29 is 13.2 Å². The highest BCUT2D eigenvalue weighted by Gasteiger charge is 2.17. The quantitative estimate of drug-likeness (QED) is 0.801. The molecule has 0 spiro atoms. The number of nitrogens with two attached hydrogens (primary N) is 1. The summed E-state index contributed by atoms with van der Waals surface area (Å²) in [6.07, 6.45) is -0.0369. The van der Waals surface area contributed by atoms with Crippen LogP contribution in [0.2, 0.25) is 0 Å². The van der Waals surface area contributed by atoms with Gasteiger partial charge in [-0.1, -0.05) is 15.9 Å². The van der Waals surface area contributed by atoms with Gasteiger partial charge in [-0.3, -0.25) is 4.79 Å². The van der Waals surface area contributed by atoms with Crippen LogP contribution in [0.4, 0.5) is 0 Å². The van der Waals surface area contributed by atoms with E-state index in [9.17, 15) is 13.2 Å². The second-order valence-electron chi connectivity index (χ2n) is 3.19. The second-order valence-corrected chi connectivity index (χ2v) is 6.69. The molecule has 0 aliphatic rings. The third-order valence-electron chi connectivity index (χ3n) is 1.85. The molecule has 94 valence electrons. The molecule has 5 nitrogen and oxygen atoms in total. The lowest BCUT2D eigenvalue weighted by Crippen LogP contribution is -2.28. The smallest absolute Gasteiger partial charge is 0.241 e. The van der Waals surface area contributed by atoms with Crippen LogP contribution in [0.25, 0.3) is 0 Å². The van der Waals surface area contributed by atoms with E-state index in [-0.39, 0.29) is 17.9 Å². The molecule has 1 aromatic rings. The van der Waals surface area contributed by atoms with E-state index in [4.69, 9.17) is 5.73 Å². The second kappa shape index (κ2) is 5.94. The van der Waals surface area contributed by atoms with Crippen molar-refractivity contribution in [1.29, 1.82) is 0 Å². The first-order chi connectivity index (χ1) is 7.83. The first-order valence-electron chi connectivity index (χ1n) is 4.56. The molecule has 0 aromatic heterocycles. The maximum atomic E-state index is 11.9. The first-order valence-corrected chi connectivity index (χ1v) is 7.63. The van der Waals surface area contributed by atoms with Gasteiger partial charge in [0, 0.05) is 21.9 Å². The molecule has 0 saturated heterocycles. The first kappa shape index (κ1) is 14.6. The number of hydrogen-bond acceptors (Lipinski definition) is 3. The van der Waals surface area contributed by atoms with Gasteiger partial charge < -0.3 is 5.73 Å². The number of amides is 1. The zero-order valence-corrected chi connectivity index (χ0v) is 12.6. The van der Waals surface area contributed by atoms with Crippen LogP contribution < -0.4 is 10.5 Å². The zero-order chi connectivity index (χ0) is 13.1. The molecular weight excluding hydrogens is 376 g/mol. The molecule has 3 N–H and O–H groups in total. The molecule has 0 aliphatic carbocycles. The van der Waals surface area contributed by atoms with Gasteiger partial charge in [0.15, 0.2) is 0 Å². The Morgan fingerprint density at radius 1 is 1.35 bits per heavy atom. The molecule has 8 heteroatoms. The maximum absolute atomic E-state index is 11.9. The summed E-state index contributed by atoms with van der Waals surface area (Å²) in [5, 5.41) is 0. The summed E-state index contributed by atoms with van der Waals surface area (Å²) in [5.74, 6) is -0.555. The van der Waals surface area contributed by atoms with Gasteiger partial charge in [0.25, 0.3) is 0 Å². The molecule has 0 heterocycles. The van der Waals surface area contributed by atoms with Gasteiger partial charge in [0.2, 0.25) is 15.9 Å². The highest BCUT2D eigenvalue weighted by molar-refractivity contribution is 9.11. The molecule has 0 atom stereocenters. The van der Waals surface area contributed by atoms with Crippen molar-refractivity contribution in [2.24, 2.45) is 5.73 Å². The number of sulfonamides is 1. The molecule has 0 aliphatic heterocycles. The van der Waals surface area contributed by atoms with Crippen molar-refractivity contribution in [2.45, 2.75) is 11.3 Å². The fraction of sp³-hybridized carbons (Fsp3) is 0.222. The lowest BCUT2D eigenvalue weighted by Gasteiger charge is -2.08. The molecule has 0 fully saturated rings. The summed E-state index contributed by atoms with van der Waals surface area (Å²) in [6, 6.07) is 4.80. The van der Waals surface area contributed by atoms with Crippen LogP contribution >= 0.6 is 31.9 Å². The van der Waals surface area contributed by atoms with Crippen LogP contribution in [-0.2, 0) is 14.8 Å². The van der Waals surface area contributed by atoms with Crippen LogP contribution in [-0.4, -0.2) is 20.9 Å². The number of nitrogens with one attached hydrogen (secondary N) is 1. The zero-order valence-electron chi connectivity index (χ0n) is 8.61. The summed E-state index contributed by atoms with van der Waals surface area (Å²) in [7, 11) is -3.64. The lowest BCUT2D eigenvalue weighted by atomic mass is 10.4. The Kier molecular flexibility index (Phi) is 5.11. The predicted octanol–water partition coefficient (Wildman–Crippen LogP) is 1.37. The summed E-state index contributed by atoms with van der Waals surface area (Å²) in [6.45, 7) is -0.0172. The number of halogens is 2. The van der Waals surface area contributed by atoms with Crippen LogP contribution in [0, 0.1) is 0 Å². The molecule has 0 unspecified atom stereocenters. The maximum Gasteiger partial charge on any atom is 0.241 e. The minimum atomic E-state index is -3.64. The number of benzene rings is 1. The standard InChI is InChI=1S/C9H10Br2N2O3S/c10-6-1-2-7(11)8(5-6)17(15,16)13-4-3-9(12)14/h1-2,5,13H,3-4H2,(H2,12,14). The van der Waals surface area contributed by atoms with Gasteiger partial charge in [0.1, 0.15) is 0 Å². The van der Waals surface area contributed by atoms with Crippen molar-refractivity contribution in [1.82, 2.24) is 4.72 Å². The van der Waals surface area contributed by atoms with Crippen LogP contribution in [0.15, 0.2) is 32.0 Å². The fourth-order valence-electron chi connectivity index (χ4n) is 1.07. The van der Waals surface area contributed by atoms with E-state index in [2.05, 4.69) is 36.6 Å². The Hall–Kier alpha value is -0.440. The largest absolute Gasteiger partial charge is 0.370 e. The summed E-state index contributed by atoms with van der Waals surface area (Å²) in [4.78, 5) is 10.6. The Morgan fingerprint density at radius 2 is 2.00 bits per heavy atom. The molecule has 1 aromatic carbocycles. The molecule has 0 radical (unpaired) electrons. The monoisotopic (exact) mass is 384 g/mol. The van der Waals surface area contributed by atoms with Gasteiger partial charge >= 0.3 is 0 Å². The normalized spacial score (nSPS) is 11.4. The third kappa shape index (κ3) is 4.38. The predicted molar refractivity (Wildman–Crippen MR) is 70.8 cm³/mol. The van der Waals surface area contributed by atoms with Crippen molar-refractivity contribution >= 4 is 47.8 Å². The van der Waals surface area contributed by atoms with Gasteiger partial charge in [-0.15, -0.1) is 0 Å². The Balaban J connectivity index is 2.89. The Bertz CT molecular complexity index is 531. The Morgan fingerprint density at radius 3 is 2.59 bits per heavy atom. The van der Waals surface area contributed by atoms with E-state index in [0.717, 1.165) is 0 Å². The molecule has 1 rings (SSSR count).